The molecule has 2 rings (SSSR count). The molecular formula is C17H23NO5. The number of ether oxygens (including phenoxy) is 2. The monoisotopic (exact) mass is 321 g/mol. The summed E-state index contributed by atoms with van der Waals surface area (Å²) >= 11 is 0. The number of hydrogen-bond donors (Lipinski definition) is 1. The predicted molar refractivity (Wildman–Crippen MR) is 84.7 cm³/mol. The highest BCUT2D eigenvalue weighted by molar-refractivity contribution is 5.96. The number of rotatable bonds is 8. The Kier molecular flexibility index (Phi) is 6.40. The van der Waals surface area contributed by atoms with E-state index >= 15 is 0 Å². The second-order valence-electron chi connectivity index (χ2n) is 5.67. The van der Waals surface area contributed by atoms with Gasteiger partial charge in [0.2, 0.25) is 0 Å². The third-order valence-electron chi connectivity index (χ3n) is 3.86. The molecule has 126 valence electrons. The Morgan fingerprint density at radius 1 is 1.30 bits per heavy atom. The van der Waals surface area contributed by atoms with E-state index in [1.54, 1.807) is 18.2 Å². The van der Waals surface area contributed by atoms with Gasteiger partial charge in [-0.05, 0) is 43.9 Å². The van der Waals surface area contributed by atoms with Crippen molar-refractivity contribution < 1.29 is 24.2 Å². The predicted octanol–water partition coefficient (Wildman–Crippen LogP) is 2.18. The first-order valence-electron chi connectivity index (χ1n) is 7.87. The highest BCUT2D eigenvalue weighted by atomic mass is 16.5. The number of nitrogens with zero attached hydrogens (tertiary/aromatic N) is 1. The van der Waals surface area contributed by atoms with Gasteiger partial charge in [0.15, 0.2) is 0 Å². The lowest BCUT2D eigenvalue weighted by Crippen LogP contribution is -2.38. The summed E-state index contributed by atoms with van der Waals surface area (Å²) in [6.07, 6.45) is 4.64. The van der Waals surface area contributed by atoms with Gasteiger partial charge in [0.25, 0.3) is 5.91 Å². The van der Waals surface area contributed by atoms with E-state index in [1.807, 2.05) is 6.07 Å². The summed E-state index contributed by atoms with van der Waals surface area (Å²) in [5.74, 6) is -0.723. The maximum atomic E-state index is 12.5. The number of benzene rings is 1. The fourth-order valence-corrected chi connectivity index (χ4v) is 2.70. The molecular weight excluding hydrogens is 298 g/mol. The summed E-state index contributed by atoms with van der Waals surface area (Å²) in [7, 11) is 1.51. The van der Waals surface area contributed by atoms with Gasteiger partial charge in [-0.3, -0.25) is 9.59 Å². The van der Waals surface area contributed by atoms with Gasteiger partial charge in [0.1, 0.15) is 12.3 Å². The molecule has 23 heavy (non-hydrogen) atoms. The molecule has 0 saturated heterocycles. The first-order chi connectivity index (χ1) is 11.1. The average molecular weight is 321 g/mol. The highest BCUT2D eigenvalue weighted by Crippen LogP contribution is 2.24. The normalized spacial score (nSPS) is 14.7. The van der Waals surface area contributed by atoms with Crippen LogP contribution in [0.25, 0.3) is 0 Å². The summed E-state index contributed by atoms with van der Waals surface area (Å²) in [6, 6.07) is 6.94. The molecule has 0 unspecified atom stereocenters. The fourth-order valence-electron chi connectivity index (χ4n) is 2.70. The lowest BCUT2D eigenvalue weighted by atomic mass is 10.2. The van der Waals surface area contributed by atoms with Crippen molar-refractivity contribution >= 4 is 11.9 Å². The van der Waals surface area contributed by atoms with Crippen molar-refractivity contribution in [2.75, 3.05) is 26.8 Å². The Morgan fingerprint density at radius 3 is 2.70 bits per heavy atom. The molecule has 0 aliphatic heterocycles. The Morgan fingerprint density at radius 2 is 2.04 bits per heavy atom. The zero-order valence-electron chi connectivity index (χ0n) is 13.4. The van der Waals surface area contributed by atoms with E-state index < -0.39 is 5.97 Å². The van der Waals surface area contributed by atoms with Crippen molar-refractivity contribution in [3.05, 3.63) is 29.8 Å². The summed E-state index contributed by atoms with van der Waals surface area (Å²) in [5.41, 5.74) is 0.429. The first-order valence-corrected chi connectivity index (χ1v) is 7.87. The van der Waals surface area contributed by atoms with Gasteiger partial charge < -0.3 is 19.5 Å². The van der Waals surface area contributed by atoms with E-state index in [9.17, 15) is 9.59 Å². The van der Waals surface area contributed by atoms with Crippen molar-refractivity contribution in [1.82, 2.24) is 4.90 Å². The minimum absolute atomic E-state index is 0.212. The quantitative estimate of drug-likeness (QED) is 0.794. The molecule has 1 aliphatic rings. The van der Waals surface area contributed by atoms with Gasteiger partial charge >= 0.3 is 5.97 Å². The summed E-state index contributed by atoms with van der Waals surface area (Å²) in [6.45, 7) is 0.169. The molecule has 6 heteroatoms. The number of hydrogen-bond acceptors (Lipinski definition) is 4. The number of methoxy groups -OCH3 is 1. The van der Waals surface area contributed by atoms with Crippen molar-refractivity contribution in [3.63, 3.8) is 0 Å². The molecule has 1 aromatic carbocycles. The molecule has 0 atom stereocenters. The van der Waals surface area contributed by atoms with Crippen molar-refractivity contribution in [3.8, 4) is 5.75 Å². The Balaban J connectivity index is 2.07. The molecule has 1 N–H and O–H groups in total. The minimum Gasteiger partial charge on any atom is -0.490 e. The van der Waals surface area contributed by atoms with Crippen LogP contribution in [0.5, 0.6) is 5.75 Å². The zero-order chi connectivity index (χ0) is 16.7. The van der Waals surface area contributed by atoms with Crippen LogP contribution in [0, 0.1) is 0 Å². The van der Waals surface area contributed by atoms with Crippen LogP contribution in [-0.4, -0.2) is 54.8 Å². The molecule has 0 bridgehead atoms. The van der Waals surface area contributed by atoms with Crippen LogP contribution in [0.2, 0.25) is 0 Å². The smallest absolute Gasteiger partial charge is 0.323 e. The SMILES string of the molecule is COCCN(CC(=O)O)C(=O)c1cccc(OC2CCCC2)c1. The topological polar surface area (TPSA) is 76.1 Å². The summed E-state index contributed by atoms with van der Waals surface area (Å²) in [4.78, 5) is 24.7. The molecule has 1 amide bonds. The van der Waals surface area contributed by atoms with Gasteiger partial charge in [-0.15, -0.1) is 0 Å². The lowest BCUT2D eigenvalue weighted by Gasteiger charge is -2.21. The minimum atomic E-state index is -1.05. The lowest BCUT2D eigenvalue weighted by molar-refractivity contribution is -0.137. The van der Waals surface area contributed by atoms with Gasteiger partial charge in [-0.2, -0.15) is 0 Å². The highest BCUT2D eigenvalue weighted by Gasteiger charge is 2.20. The molecule has 1 fully saturated rings. The third kappa shape index (κ3) is 5.25. The van der Waals surface area contributed by atoms with E-state index in [1.165, 1.54) is 24.9 Å². The van der Waals surface area contributed by atoms with Crippen LogP contribution in [0.15, 0.2) is 24.3 Å². The van der Waals surface area contributed by atoms with E-state index in [-0.39, 0.29) is 31.7 Å². The van der Waals surface area contributed by atoms with Crippen molar-refractivity contribution in [2.45, 2.75) is 31.8 Å². The molecule has 0 radical (unpaired) electrons. The molecule has 1 aromatic rings. The van der Waals surface area contributed by atoms with Crippen LogP contribution in [0.1, 0.15) is 36.0 Å². The van der Waals surface area contributed by atoms with Crippen LogP contribution in [0.3, 0.4) is 0 Å². The maximum Gasteiger partial charge on any atom is 0.323 e. The Hall–Kier alpha value is -2.08. The molecule has 0 spiro atoms. The molecule has 0 heterocycles. The molecule has 1 aliphatic carbocycles. The zero-order valence-corrected chi connectivity index (χ0v) is 13.4. The number of carboxylic acid groups (broad SMARTS) is 1. The maximum absolute atomic E-state index is 12.5. The largest absolute Gasteiger partial charge is 0.490 e. The molecule has 0 aromatic heterocycles. The van der Waals surface area contributed by atoms with Gasteiger partial charge in [0, 0.05) is 19.2 Å². The number of carboxylic acids is 1. The van der Waals surface area contributed by atoms with E-state index in [0.717, 1.165) is 12.8 Å². The number of amides is 1. The van der Waals surface area contributed by atoms with Gasteiger partial charge in [-0.1, -0.05) is 6.07 Å². The Bertz CT molecular complexity index is 540. The fraction of sp³-hybridized carbons (Fsp3) is 0.529. The third-order valence-corrected chi connectivity index (χ3v) is 3.86. The van der Waals surface area contributed by atoms with E-state index in [4.69, 9.17) is 14.6 Å². The van der Waals surface area contributed by atoms with Crippen LogP contribution >= 0.6 is 0 Å². The molecule has 1 saturated carbocycles. The van der Waals surface area contributed by atoms with Crippen LogP contribution < -0.4 is 4.74 Å². The van der Waals surface area contributed by atoms with Crippen molar-refractivity contribution in [2.24, 2.45) is 0 Å². The number of aliphatic carboxylic acids is 1. The van der Waals surface area contributed by atoms with Gasteiger partial charge in [0.05, 0.1) is 12.7 Å². The number of carbonyl (C=O) groups excluding carboxylic acids is 1. The standard InChI is InChI=1S/C17H23NO5/c1-22-10-9-18(12-16(19)20)17(21)13-5-4-8-15(11-13)23-14-6-2-3-7-14/h4-5,8,11,14H,2-3,6-7,9-10,12H2,1H3,(H,19,20). The van der Waals surface area contributed by atoms with Crippen molar-refractivity contribution in [1.29, 1.82) is 0 Å². The average Bonchev–Trinajstić information content (AvgIpc) is 3.03. The second-order valence-corrected chi connectivity index (χ2v) is 5.67. The van der Waals surface area contributed by atoms with E-state index in [2.05, 4.69) is 0 Å². The van der Waals surface area contributed by atoms with Crippen LogP contribution in [-0.2, 0) is 9.53 Å². The summed E-state index contributed by atoms with van der Waals surface area (Å²) in [5, 5.41) is 8.96. The number of carbonyl (C=O) groups is 2. The van der Waals surface area contributed by atoms with Crippen LogP contribution in [0.4, 0.5) is 0 Å². The molecule has 6 nitrogen and oxygen atoms in total. The Labute approximate surface area is 136 Å². The van der Waals surface area contributed by atoms with E-state index in [0.29, 0.717) is 11.3 Å². The first kappa shape index (κ1) is 17.3. The second kappa shape index (κ2) is 8.53. The summed E-state index contributed by atoms with van der Waals surface area (Å²) < 4.78 is 10.8. The van der Waals surface area contributed by atoms with Gasteiger partial charge in [-0.25, -0.2) is 0 Å².